The van der Waals surface area contributed by atoms with Crippen LogP contribution in [-0.4, -0.2) is 25.0 Å². The molecule has 0 saturated heterocycles. The Morgan fingerprint density at radius 2 is 1.93 bits per heavy atom. The number of hydrogen-bond acceptors (Lipinski definition) is 2. The van der Waals surface area contributed by atoms with E-state index in [-0.39, 0.29) is 5.82 Å². The maximum Gasteiger partial charge on any atom is 0.123 e. The molecule has 1 unspecified atom stereocenters. The van der Waals surface area contributed by atoms with Crippen LogP contribution in [0.15, 0.2) is 24.3 Å². The summed E-state index contributed by atoms with van der Waals surface area (Å²) in [4.78, 5) is 2.20. The summed E-state index contributed by atoms with van der Waals surface area (Å²) >= 11 is 0. The third-order valence-corrected chi connectivity index (χ3v) is 2.66. The molecule has 0 fully saturated rings. The highest BCUT2D eigenvalue weighted by atomic mass is 19.1. The number of hydrogen-bond donors (Lipinski definition) is 1. The molecule has 0 spiro atoms. The molecule has 0 bridgehead atoms. The van der Waals surface area contributed by atoms with E-state index in [4.69, 9.17) is 5.73 Å². The molecule has 0 aliphatic heterocycles. The van der Waals surface area contributed by atoms with E-state index >= 15 is 0 Å². The van der Waals surface area contributed by atoms with Crippen LogP contribution in [0.25, 0.3) is 0 Å². The highest BCUT2D eigenvalue weighted by Crippen LogP contribution is 2.22. The Bertz CT molecular complexity index is 284. The second-order valence-corrected chi connectivity index (χ2v) is 3.74. The maximum absolute atomic E-state index is 12.8. The van der Waals surface area contributed by atoms with Gasteiger partial charge in [-0.15, -0.1) is 0 Å². The number of nitrogens with zero attached hydrogens (tertiary/aromatic N) is 1. The predicted octanol–water partition coefficient (Wildman–Crippen LogP) is 2.17. The number of likely N-dealkylation sites (N-methyl/N-ethyl adjacent to an activating group) is 1. The van der Waals surface area contributed by atoms with Crippen molar-refractivity contribution < 1.29 is 4.39 Å². The first-order valence-electron chi connectivity index (χ1n) is 5.34. The fourth-order valence-electron chi connectivity index (χ4n) is 1.85. The number of nitrogens with two attached hydrogens (primary N) is 1. The number of benzene rings is 1. The molecule has 3 heteroatoms. The van der Waals surface area contributed by atoms with Crippen molar-refractivity contribution in [2.45, 2.75) is 19.4 Å². The standard InChI is InChI=1S/C12H19FN2/c1-3-12(15(2)9-8-14)10-4-6-11(13)7-5-10/h4-7,12H,3,8-9,14H2,1-2H3. The van der Waals surface area contributed by atoms with E-state index in [1.807, 2.05) is 19.2 Å². The molecule has 15 heavy (non-hydrogen) atoms. The Kier molecular flexibility index (Phi) is 4.72. The van der Waals surface area contributed by atoms with Crippen LogP contribution in [0.2, 0.25) is 0 Å². The summed E-state index contributed by atoms with van der Waals surface area (Å²) in [5.74, 6) is -0.185. The lowest BCUT2D eigenvalue weighted by Gasteiger charge is -2.27. The van der Waals surface area contributed by atoms with Crippen LogP contribution >= 0.6 is 0 Å². The largest absolute Gasteiger partial charge is 0.329 e. The first kappa shape index (κ1) is 12.1. The Morgan fingerprint density at radius 1 is 1.33 bits per heavy atom. The van der Waals surface area contributed by atoms with Crippen molar-refractivity contribution in [3.8, 4) is 0 Å². The fraction of sp³-hybridized carbons (Fsp3) is 0.500. The average molecular weight is 210 g/mol. The third kappa shape index (κ3) is 3.29. The summed E-state index contributed by atoms with van der Waals surface area (Å²) in [6, 6.07) is 7.03. The van der Waals surface area contributed by atoms with Crippen LogP contribution < -0.4 is 5.73 Å². The quantitative estimate of drug-likeness (QED) is 0.807. The molecule has 2 nitrogen and oxygen atoms in total. The summed E-state index contributed by atoms with van der Waals surface area (Å²) in [5, 5.41) is 0. The summed E-state index contributed by atoms with van der Waals surface area (Å²) in [6.45, 7) is 3.63. The van der Waals surface area contributed by atoms with Gasteiger partial charge in [0.25, 0.3) is 0 Å². The van der Waals surface area contributed by atoms with E-state index in [1.165, 1.54) is 12.1 Å². The van der Waals surface area contributed by atoms with Crippen molar-refractivity contribution in [3.63, 3.8) is 0 Å². The monoisotopic (exact) mass is 210 g/mol. The fourth-order valence-corrected chi connectivity index (χ4v) is 1.85. The van der Waals surface area contributed by atoms with E-state index < -0.39 is 0 Å². The van der Waals surface area contributed by atoms with Crippen molar-refractivity contribution in [3.05, 3.63) is 35.6 Å². The van der Waals surface area contributed by atoms with Crippen LogP contribution in [0.5, 0.6) is 0 Å². The summed E-state index contributed by atoms with van der Waals surface area (Å²) < 4.78 is 12.8. The van der Waals surface area contributed by atoms with Gasteiger partial charge < -0.3 is 5.73 Å². The second kappa shape index (κ2) is 5.83. The van der Waals surface area contributed by atoms with Gasteiger partial charge in [-0.25, -0.2) is 4.39 Å². The molecule has 0 saturated carbocycles. The van der Waals surface area contributed by atoms with Gasteiger partial charge in [-0.05, 0) is 31.2 Å². The SMILES string of the molecule is CCC(c1ccc(F)cc1)N(C)CCN. The molecule has 0 radical (unpaired) electrons. The molecule has 2 N–H and O–H groups in total. The molecule has 0 heterocycles. The van der Waals surface area contributed by atoms with E-state index in [0.29, 0.717) is 12.6 Å². The first-order chi connectivity index (χ1) is 7.19. The van der Waals surface area contributed by atoms with E-state index in [1.54, 1.807) is 0 Å². The predicted molar refractivity (Wildman–Crippen MR) is 61.1 cm³/mol. The number of halogens is 1. The Morgan fingerprint density at radius 3 is 2.40 bits per heavy atom. The molecule has 1 atom stereocenters. The van der Waals surface area contributed by atoms with Gasteiger partial charge in [0.05, 0.1) is 0 Å². The van der Waals surface area contributed by atoms with Crippen LogP contribution in [-0.2, 0) is 0 Å². The smallest absolute Gasteiger partial charge is 0.123 e. The molecule has 0 amide bonds. The molecular weight excluding hydrogens is 191 g/mol. The van der Waals surface area contributed by atoms with Crippen molar-refractivity contribution in [1.29, 1.82) is 0 Å². The van der Waals surface area contributed by atoms with Gasteiger partial charge in [-0.2, -0.15) is 0 Å². The van der Waals surface area contributed by atoms with Crippen LogP contribution in [0.3, 0.4) is 0 Å². The lowest BCUT2D eigenvalue weighted by Crippen LogP contribution is -2.29. The van der Waals surface area contributed by atoms with Crippen molar-refractivity contribution in [1.82, 2.24) is 4.90 Å². The van der Waals surface area contributed by atoms with E-state index in [9.17, 15) is 4.39 Å². The third-order valence-electron chi connectivity index (χ3n) is 2.66. The summed E-state index contributed by atoms with van der Waals surface area (Å²) in [7, 11) is 2.05. The summed E-state index contributed by atoms with van der Waals surface area (Å²) in [5.41, 5.74) is 6.67. The summed E-state index contributed by atoms with van der Waals surface area (Å²) in [6.07, 6.45) is 1.00. The normalized spacial score (nSPS) is 13.1. The average Bonchev–Trinajstić information content (AvgIpc) is 2.22. The van der Waals surface area contributed by atoms with E-state index in [2.05, 4.69) is 11.8 Å². The molecule has 1 aromatic rings. The van der Waals surface area contributed by atoms with Crippen molar-refractivity contribution in [2.24, 2.45) is 5.73 Å². The van der Waals surface area contributed by atoms with Gasteiger partial charge in [-0.3, -0.25) is 4.90 Å². The lowest BCUT2D eigenvalue weighted by molar-refractivity contribution is 0.245. The zero-order valence-corrected chi connectivity index (χ0v) is 9.41. The Balaban J connectivity index is 2.77. The lowest BCUT2D eigenvalue weighted by atomic mass is 10.0. The van der Waals surface area contributed by atoms with Crippen LogP contribution in [0, 0.1) is 5.82 Å². The van der Waals surface area contributed by atoms with Crippen molar-refractivity contribution in [2.75, 3.05) is 20.1 Å². The number of rotatable bonds is 5. The van der Waals surface area contributed by atoms with E-state index in [0.717, 1.165) is 18.5 Å². The highest BCUT2D eigenvalue weighted by molar-refractivity contribution is 5.19. The minimum atomic E-state index is -0.185. The highest BCUT2D eigenvalue weighted by Gasteiger charge is 2.13. The molecule has 1 rings (SSSR count). The molecule has 0 aliphatic carbocycles. The first-order valence-corrected chi connectivity index (χ1v) is 5.34. The van der Waals surface area contributed by atoms with Gasteiger partial charge in [0.2, 0.25) is 0 Å². The topological polar surface area (TPSA) is 29.3 Å². The zero-order chi connectivity index (χ0) is 11.3. The van der Waals surface area contributed by atoms with Gasteiger partial charge in [0.1, 0.15) is 5.82 Å². The van der Waals surface area contributed by atoms with Crippen LogP contribution in [0.1, 0.15) is 24.9 Å². The van der Waals surface area contributed by atoms with Gasteiger partial charge >= 0.3 is 0 Å². The minimum absolute atomic E-state index is 0.185. The molecule has 1 aromatic carbocycles. The zero-order valence-electron chi connectivity index (χ0n) is 9.41. The molecule has 0 aliphatic rings. The second-order valence-electron chi connectivity index (χ2n) is 3.74. The van der Waals surface area contributed by atoms with Gasteiger partial charge in [-0.1, -0.05) is 19.1 Å². The van der Waals surface area contributed by atoms with Gasteiger partial charge in [0.15, 0.2) is 0 Å². The molecular formula is C12H19FN2. The molecule has 0 aromatic heterocycles. The van der Waals surface area contributed by atoms with Crippen molar-refractivity contribution >= 4 is 0 Å². The van der Waals surface area contributed by atoms with Crippen LogP contribution in [0.4, 0.5) is 4.39 Å². The van der Waals surface area contributed by atoms with Gasteiger partial charge in [0, 0.05) is 19.1 Å². The molecule has 84 valence electrons. The Hall–Kier alpha value is -0.930. The Labute approximate surface area is 90.9 Å². The maximum atomic E-state index is 12.8. The minimum Gasteiger partial charge on any atom is -0.329 e.